The molecule has 1 fully saturated rings. The van der Waals surface area contributed by atoms with Gasteiger partial charge in [0.1, 0.15) is 28.7 Å². The molecule has 2 aromatic carbocycles. The second kappa shape index (κ2) is 12.2. The number of carbonyl (C=O) groups excluding carboxylic acids is 3. The van der Waals surface area contributed by atoms with E-state index in [4.69, 9.17) is 14.2 Å². The smallest absolute Gasteiger partial charge is 0.410 e. The largest absolute Gasteiger partial charge is 0.495 e. The Morgan fingerprint density at radius 1 is 0.929 bits per heavy atom. The Morgan fingerprint density at radius 2 is 1.60 bits per heavy atom. The molecule has 1 unspecified atom stereocenters. The summed E-state index contributed by atoms with van der Waals surface area (Å²) < 4.78 is 31.0. The minimum atomic E-state index is -1.00. The average molecular weight is 584 g/mol. The maximum atomic E-state index is 14.1. The van der Waals surface area contributed by atoms with Gasteiger partial charge in [-0.1, -0.05) is 12.1 Å². The summed E-state index contributed by atoms with van der Waals surface area (Å²) in [5, 5.41) is 0. The van der Waals surface area contributed by atoms with Gasteiger partial charge in [-0.15, -0.1) is 0 Å². The van der Waals surface area contributed by atoms with Crippen molar-refractivity contribution in [3.8, 4) is 5.75 Å². The predicted molar refractivity (Wildman–Crippen MR) is 158 cm³/mol. The van der Waals surface area contributed by atoms with Crippen molar-refractivity contribution in [1.82, 2.24) is 4.90 Å². The first-order valence-electron chi connectivity index (χ1n) is 14.4. The number of hydrogen-bond acceptors (Lipinski definition) is 7. The van der Waals surface area contributed by atoms with Crippen molar-refractivity contribution < 1.29 is 33.0 Å². The molecule has 0 N–H and O–H groups in total. The molecule has 2 aliphatic rings. The maximum Gasteiger partial charge on any atom is 0.410 e. The molecule has 9 nitrogen and oxygen atoms in total. The van der Waals surface area contributed by atoms with E-state index in [1.54, 1.807) is 49.8 Å². The highest BCUT2D eigenvalue weighted by Gasteiger charge is 2.38. The number of esters is 1. The van der Waals surface area contributed by atoms with Crippen LogP contribution in [0.15, 0.2) is 36.4 Å². The van der Waals surface area contributed by atoms with E-state index in [0.717, 1.165) is 11.3 Å². The Morgan fingerprint density at radius 3 is 2.19 bits per heavy atom. The normalized spacial score (nSPS) is 17.9. The van der Waals surface area contributed by atoms with Gasteiger partial charge in [-0.25, -0.2) is 9.18 Å². The first-order chi connectivity index (χ1) is 19.6. The zero-order valence-electron chi connectivity index (χ0n) is 25.7. The van der Waals surface area contributed by atoms with E-state index in [1.807, 2.05) is 32.9 Å². The predicted octanol–water partition coefficient (Wildman–Crippen LogP) is 5.33. The van der Waals surface area contributed by atoms with Crippen molar-refractivity contribution in [2.24, 2.45) is 5.92 Å². The molecule has 1 atom stereocenters. The van der Waals surface area contributed by atoms with Gasteiger partial charge in [-0.05, 0) is 83.7 Å². The van der Waals surface area contributed by atoms with Gasteiger partial charge < -0.3 is 28.9 Å². The molecule has 0 spiro atoms. The zero-order chi connectivity index (χ0) is 30.8. The van der Waals surface area contributed by atoms with Gasteiger partial charge in [0.2, 0.25) is 5.91 Å². The van der Waals surface area contributed by atoms with Gasteiger partial charge in [-0.2, -0.15) is 0 Å². The van der Waals surface area contributed by atoms with E-state index in [-0.39, 0.29) is 19.1 Å². The minimum Gasteiger partial charge on any atom is -0.495 e. The van der Waals surface area contributed by atoms with Crippen molar-refractivity contribution in [3.63, 3.8) is 0 Å². The lowest BCUT2D eigenvalue weighted by Crippen LogP contribution is -2.50. The number of fused-ring (bicyclic) bond motifs is 1. The fraction of sp³-hybridized carbons (Fsp3) is 0.531. The van der Waals surface area contributed by atoms with E-state index >= 15 is 0 Å². The van der Waals surface area contributed by atoms with Crippen molar-refractivity contribution in [2.45, 2.75) is 72.1 Å². The summed E-state index contributed by atoms with van der Waals surface area (Å²) in [6.07, 6.45) is 0.397. The Bertz CT molecular complexity index is 1320. The van der Waals surface area contributed by atoms with E-state index in [0.29, 0.717) is 49.6 Å². The molecule has 0 saturated carbocycles. The van der Waals surface area contributed by atoms with Crippen LogP contribution < -0.4 is 14.5 Å². The fourth-order valence-corrected chi connectivity index (χ4v) is 5.22. The number of rotatable bonds is 5. The third kappa shape index (κ3) is 7.52. The number of nitrogens with zero attached hydrogens (tertiary/aromatic N) is 3. The topological polar surface area (TPSA) is 88.6 Å². The van der Waals surface area contributed by atoms with Crippen molar-refractivity contribution in [1.29, 1.82) is 0 Å². The minimum absolute atomic E-state index is 0.0833. The number of amides is 2. The van der Waals surface area contributed by atoms with Crippen LogP contribution >= 0.6 is 0 Å². The van der Waals surface area contributed by atoms with Crippen LogP contribution in [0.25, 0.3) is 0 Å². The summed E-state index contributed by atoms with van der Waals surface area (Å²) in [5.41, 5.74) is 1.61. The van der Waals surface area contributed by atoms with Crippen LogP contribution in [0.3, 0.4) is 0 Å². The second-order valence-electron chi connectivity index (χ2n) is 12.8. The summed E-state index contributed by atoms with van der Waals surface area (Å²) in [7, 11) is 1.57. The average Bonchev–Trinajstić information content (AvgIpc) is 3.02. The van der Waals surface area contributed by atoms with Crippen LogP contribution in [0, 0.1) is 11.7 Å². The van der Waals surface area contributed by atoms with Gasteiger partial charge in [0.05, 0.1) is 25.0 Å². The summed E-state index contributed by atoms with van der Waals surface area (Å²) in [6.45, 7) is 13.0. The summed E-state index contributed by atoms with van der Waals surface area (Å²) in [6, 6.07) is 9.90. The van der Waals surface area contributed by atoms with E-state index in [1.165, 1.54) is 12.1 Å². The molecule has 10 heteroatoms. The van der Waals surface area contributed by atoms with Crippen molar-refractivity contribution in [2.75, 3.05) is 43.1 Å². The van der Waals surface area contributed by atoms with Gasteiger partial charge in [0.15, 0.2) is 0 Å². The molecule has 2 heterocycles. The molecule has 0 aromatic heterocycles. The Balaban J connectivity index is 1.66. The molecule has 2 aromatic rings. The number of hydrogen-bond donors (Lipinski definition) is 0. The summed E-state index contributed by atoms with van der Waals surface area (Å²) in [4.78, 5) is 45.1. The lowest BCUT2D eigenvalue weighted by molar-refractivity contribution is -0.162. The Kier molecular flexibility index (Phi) is 9.03. The van der Waals surface area contributed by atoms with Gasteiger partial charge in [-0.3, -0.25) is 9.59 Å². The standard InChI is InChI=1S/C32H42FN3O6/c1-31(2,3)41-29(38)24-12-11-22-18-26(34-13-15-35(16-14-34)30(39)42-32(4,5)6)27(40-7)19-25(22)36(28(24)37)20-21-9-8-10-23(33)17-21/h8-10,17-19,24H,11-16,20H2,1-7H3. The molecule has 1 saturated heterocycles. The van der Waals surface area contributed by atoms with Crippen LogP contribution in [0.4, 0.5) is 20.6 Å². The fourth-order valence-electron chi connectivity index (χ4n) is 5.22. The number of halogens is 1. The molecule has 2 aliphatic heterocycles. The van der Waals surface area contributed by atoms with Crippen LogP contribution in [-0.4, -0.2) is 67.4 Å². The Labute approximate surface area is 247 Å². The molecular weight excluding hydrogens is 541 g/mol. The highest BCUT2D eigenvalue weighted by Crippen LogP contribution is 2.40. The van der Waals surface area contributed by atoms with Crippen LogP contribution in [0.5, 0.6) is 5.75 Å². The van der Waals surface area contributed by atoms with Crippen molar-refractivity contribution >= 4 is 29.3 Å². The number of ether oxygens (including phenoxy) is 3. The number of anilines is 2. The number of piperazine rings is 1. The highest BCUT2D eigenvalue weighted by atomic mass is 19.1. The molecular formula is C32H42FN3O6. The Hall–Kier alpha value is -3.82. The first kappa shape index (κ1) is 31.1. The molecule has 0 aliphatic carbocycles. The van der Waals surface area contributed by atoms with E-state index in [2.05, 4.69) is 4.90 Å². The number of benzene rings is 2. The third-order valence-electron chi connectivity index (χ3n) is 7.13. The number of aryl methyl sites for hydroxylation is 1. The zero-order valence-corrected chi connectivity index (χ0v) is 25.7. The van der Waals surface area contributed by atoms with E-state index < -0.39 is 34.8 Å². The quantitative estimate of drug-likeness (QED) is 0.347. The monoisotopic (exact) mass is 583 g/mol. The lowest BCUT2D eigenvalue weighted by atomic mass is 9.99. The van der Waals surface area contributed by atoms with Crippen LogP contribution in [0.2, 0.25) is 0 Å². The molecule has 42 heavy (non-hydrogen) atoms. The lowest BCUT2D eigenvalue weighted by Gasteiger charge is -2.37. The maximum absolute atomic E-state index is 14.1. The molecule has 0 bridgehead atoms. The van der Waals surface area contributed by atoms with Gasteiger partial charge >= 0.3 is 12.1 Å². The molecule has 4 rings (SSSR count). The van der Waals surface area contributed by atoms with Crippen LogP contribution in [-0.2, 0) is 32.0 Å². The third-order valence-corrected chi connectivity index (χ3v) is 7.13. The van der Waals surface area contributed by atoms with E-state index in [9.17, 15) is 18.8 Å². The summed E-state index contributed by atoms with van der Waals surface area (Å²) >= 11 is 0. The highest BCUT2D eigenvalue weighted by molar-refractivity contribution is 6.07. The SMILES string of the molecule is COc1cc2c(cc1N1CCN(C(=O)OC(C)(C)C)CC1)CCC(C(=O)OC(C)(C)C)C(=O)N2Cc1cccc(F)c1. The van der Waals surface area contributed by atoms with Gasteiger partial charge in [0.25, 0.3) is 0 Å². The van der Waals surface area contributed by atoms with Crippen molar-refractivity contribution in [3.05, 3.63) is 53.3 Å². The molecule has 2 amide bonds. The summed E-state index contributed by atoms with van der Waals surface area (Å²) in [5.74, 6) is -1.82. The second-order valence-corrected chi connectivity index (χ2v) is 12.8. The molecule has 228 valence electrons. The number of carbonyl (C=O) groups is 3. The molecule has 0 radical (unpaired) electrons. The van der Waals surface area contributed by atoms with Gasteiger partial charge in [0, 0.05) is 32.2 Å². The number of methoxy groups -OCH3 is 1. The van der Waals surface area contributed by atoms with Crippen LogP contribution in [0.1, 0.15) is 59.1 Å². The first-order valence-corrected chi connectivity index (χ1v) is 14.4.